The zero-order valence-corrected chi connectivity index (χ0v) is 15.5. The molecule has 3 rings (SSSR count). The van der Waals surface area contributed by atoms with Crippen molar-refractivity contribution in [2.45, 2.75) is 13.0 Å². The van der Waals surface area contributed by atoms with E-state index in [2.05, 4.69) is 5.32 Å². The number of amides is 1. The molecule has 0 saturated heterocycles. The van der Waals surface area contributed by atoms with Crippen LogP contribution in [0.3, 0.4) is 0 Å². The highest BCUT2D eigenvalue weighted by atomic mass is 16.5. The second-order valence-corrected chi connectivity index (χ2v) is 6.21. The van der Waals surface area contributed by atoms with Gasteiger partial charge in [0.2, 0.25) is 0 Å². The molecule has 0 saturated carbocycles. The number of alkyl carbamates (subject to hydrolysis) is 1. The summed E-state index contributed by atoms with van der Waals surface area (Å²) in [6, 6.07) is 15.6. The first-order valence-corrected chi connectivity index (χ1v) is 9.00. The van der Waals surface area contributed by atoms with Crippen molar-refractivity contribution in [1.29, 1.82) is 0 Å². The van der Waals surface area contributed by atoms with Crippen LogP contribution in [0.1, 0.15) is 22.3 Å². The predicted octanol–water partition coefficient (Wildman–Crippen LogP) is 2.69. The molecule has 2 heterocycles. The molecule has 3 aromatic rings. The Labute approximate surface area is 166 Å². The average molecular weight is 396 g/mol. The molecule has 0 aliphatic carbocycles. The molecule has 8 heteroatoms. The Balaban J connectivity index is 1.45. The van der Waals surface area contributed by atoms with Gasteiger partial charge in [-0.2, -0.15) is 0 Å². The lowest BCUT2D eigenvalue weighted by molar-refractivity contribution is 0.0694. The number of hydrogen-bond acceptors (Lipinski definition) is 5. The number of ether oxygens (including phenoxy) is 2. The minimum Gasteiger partial charge on any atom is -0.492 e. The van der Waals surface area contributed by atoms with Gasteiger partial charge in [-0.25, -0.2) is 9.59 Å². The number of hydrogen-bond donors (Lipinski definition) is 2. The van der Waals surface area contributed by atoms with Crippen molar-refractivity contribution in [3.8, 4) is 5.75 Å². The van der Waals surface area contributed by atoms with E-state index in [1.807, 2.05) is 30.3 Å². The zero-order chi connectivity index (χ0) is 20.6. The van der Waals surface area contributed by atoms with Gasteiger partial charge < -0.3 is 19.9 Å². The number of benzene rings is 1. The second-order valence-electron chi connectivity index (χ2n) is 6.21. The molecule has 29 heavy (non-hydrogen) atoms. The predicted molar refractivity (Wildman–Crippen MR) is 105 cm³/mol. The summed E-state index contributed by atoms with van der Waals surface area (Å²) in [5, 5.41) is 11.7. The number of carboxylic acid groups (broad SMARTS) is 1. The molecule has 2 N–H and O–H groups in total. The van der Waals surface area contributed by atoms with E-state index in [0.29, 0.717) is 30.8 Å². The molecule has 150 valence electrons. The molecule has 0 aliphatic heterocycles. The van der Waals surface area contributed by atoms with Gasteiger partial charge in [0.05, 0.1) is 12.8 Å². The van der Waals surface area contributed by atoms with E-state index in [9.17, 15) is 14.4 Å². The Morgan fingerprint density at radius 3 is 2.55 bits per heavy atom. The van der Waals surface area contributed by atoms with Crippen molar-refractivity contribution < 1.29 is 24.2 Å². The number of pyridine rings is 2. The van der Waals surface area contributed by atoms with Crippen LogP contribution < -0.4 is 15.6 Å². The molecule has 0 unspecified atom stereocenters. The zero-order valence-electron chi connectivity index (χ0n) is 15.5. The van der Waals surface area contributed by atoms with Crippen LogP contribution in [0.25, 0.3) is 5.52 Å². The molecule has 0 aliphatic rings. The molecule has 1 aromatic carbocycles. The van der Waals surface area contributed by atoms with Crippen molar-refractivity contribution in [3.63, 3.8) is 0 Å². The Bertz CT molecular complexity index is 1060. The Morgan fingerprint density at radius 1 is 1.03 bits per heavy atom. The van der Waals surface area contributed by atoms with Gasteiger partial charge >= 0.3 is 12.1 Å². The van der Waals surface area contributed by atoms with Gasteiger partial charge in [-0.3, -0.25) is 9.20 Å². The normalized spacial score (nSPS) is 10.5. The van der Waals surface area contributed by atoms with Gasteiger partial charge in [0, 0.05) is 12.1 Å². The lowest BCUT2D eigenvalue weighted by atomic mass is 10.2. The molecule has 0 bridgehead atoms. The molecular formula is C21H20N2O6. The third-order valence-corrected chi connectivity index (χ3v) is 4.13. The summed E-state index contributed by atoms with van der Waals surface area (Å²) >= 11 is 0. The van der Waals surface area contributed by atoms with Crippen molar-refractivity contribution in [2.24, 2.45) is 0 Å². The summed E-state index contributed by atoms with van der Waals surface area (Å²) in [4.78, 5) is 35.0. The third kappa shape index (κ3) is 5.35. The number of rotatable bonds is 8. The summed E-state index contributed by atoms with van der Waals surface area (Å²) in [5.74, 6) is -0.852. The lowest BCUT2D eigenvalue weighted by Gasteiger charge is -2.09. The fourth-order valence-electron chi connectivity index (χ4n) is 2.65. The molecule has 0 fully saturated rings. The molecule has 2 aromatic heterocycles. The highest BCUT2D eigenvalue weighted by Crippen LogP contribution is 2.12. The minimum atomic E-state index is -1.28. The van der Waals surface area contributed by atoms with Crippen molar-refractivity contribution in [1.82, 2.24) is 9.72 Å². The smallest absolute Gasteiger partial charge is 0.407 e. The van der Waals surface area contributed by atoms with Crippen LogP contribution >= 0.6 is 0 Å². The van der Waals surface area contributed by atoms with Gasteiger partial charge in [-0.05, 0) is 36.2 Å². The largest absolute Gasteiger partial charge is 0.492 e. The van der Waals surface area contributed by atoms with Crippen LogP contribution in [-0.2, 0) is 11.3 Å². The SMILES string of the molecule is O=C(NCCCOc1ccc2ccc(C(=O)O)c(=O)n2c1)OCc1ccccc1. The van der Waals surface area contributed by atoms with E-state index in [1.165, 1.54) is 16.7 Å². The van der Waals surface area contributed by atoms with Crippen LogP contribution in [0, 0.1) is 0 Å². The first-order chi connectivity index (χ1) is 14.0. The van der Waals surface area contributed by atoms with Gasteiger partial charge in [0.1, 0.15) is 17.9 Å². The van der Waals surface area contributed by atoms with E-state index in [-0.39, 0.29) is 12.2 Å². The topological polar surface area (TPSA) is 106 Å². The van der Waals surface area contributed by atoms with Crippen LogP contribution in [0.5, 0.6) is 5.75 Å². The van der Waals surface area contributed by atoms with Gasteiger partial charge in [0.15, 0.2) is 0 Å². The van der Waals surface area contributed by atoms with E-state index in [1.54, 1.807) is 18.2 Å². The lowest BCUT2D eigenvalue weighted by Crippen LogP contribution is -2.26. The van der Waals surface area contributed by atoms with Gasteiger partial charge in [-0.15, -0.1) is 0 Å². The summed E-state index contributed by atoms with van der Waals surface area (Å²) in [6.45, 7) is 0.871. The standard InChI is InChI=1S/C21H20N2O6/c24-19-18(20(25)26)10-8-16-7-9-17(13-23(16)19)28-12-4-11-22-21(27)29-14-15-5-2-1-3-6-15/h1-3,5-10,13H,4,11-12,14H2,(H,22,27)(H,25,26). The number of carbonyl (C=O) groups is 2. The number of nitrogens with zero attached hydrogens (tertiary/aromatic N) is 1. The number of nitrogens with one attached hydrogen (secondary N) is 1. The van der Waals surface area contributed by atoms with Crippen LogP contribution in [-0.4, -0.2) is 34.7 Å². The Morgan fingerprint density at radius 2 is 1.79 bits per heavy atom. The molecule has 0 radical (unpaired) electrons. The Kier molecular flexibility index (Phi) is 6.47. The van der Waals surface area contributed by atoms with Gasteiger partial charge in [0.25, 0.3) is 5.56 Å². The molecule has 8 nitrogen and oxygen atoms in total. The number of carbonyl (C=O) groups excluding carboxylic acids is 1. The Hall–Kier alpha value is -3.81. The monoisotopic (exact) mass is 396 g/mol. The maximum atomic E-state index is 12.2. The third-order valence-electron chi connectivity index (χ3n) is 4.13. The summed E-state index contributed by atoms with van der Waals surface area (Å²) in [7, 11) is 0. The van der Waals surface area contributed by atoms with E-state index >= 15 is 0 Å². The van der Waals surface area contributed by atoms with Crippen molar-refractivity contribution in [3.05, 3.63) is 82.3 Å². The van der Waals surface area contributed by atoms with E-state index in [4.69, 9.17) is 14.6 Å². The number of aromatic nitrogens is 1. The van der Waals surface area contributed by atoms with E-state index < -0.39 is 17.6 Å². The number of carboxylic acids is 1. The van der Waals surface area contributed by atoms with Crippen LogP contribution in [0.15, 0.2) is 65.6 Å². The molecule has 0 atom stereocenters. The summed E-state index contributed by atoms with van der Waals surface area (Å²) in [5.41, 5.74) is 0.542. The first kappa shape index (κ1) is 19.9. The van der Waals surface area contributed by atoms with Crippen molar-refractivity contribution in [2.75, 3.05) is 13.2 Å². The maximum Gasteiger partial charge on any atom is 0.407 e. The number of fused-ring (bicyclic) bond motifs is 1. The fraction of sp³-hybridized carbons (Fsp3) is 0.190. The van der Waals surface area contributed by atoms with Crippen molar-refractivity contribution >= 4 is 17.6 Å². The van der Waals surface area contributed by atoms with Gasteiger partial charge in [-0.1, -0.05) is 30.3 Å². The fourth-order valence-corrected chi connectivity index (χ4v) is 2.65. The van der Waals surface area contributed by atoms with E-state index in [0.717, 1.165) is 5.56 Å². The van der Waals surface area contributed by atoms with Crippen LogP contribution in [0.2, 0.25) is 0 Å². The average Bonchev–Trinajstić information content (AvgIpc) is 2.73. The minimum absolute atomic E-state index is 0.202. The first-order valence-electron chi connectivity index (χ1n) is 9.00. The highest BCUT2D eigenvalue weighted by molar-refractivity contribution is 5.87. The van der Waals surface area contributed by atoms with Crippen LogP contribution in [0.4, 0.5) is 4.79 Å². The molecular weight excluding hydrogens is 376 g/mol. The second kappa shape index (κ2) is 9.41. The quantitative estimate of drug-likeness (QED) is 0.567. The number of aromatic carboxylic acids is 1. The molecule has 0 spiro atoms. The summed E-state index contributed by atoms with van der Waals surface area (Å²) < 4.78 is 11.9. The highest BCUT2D eigenvalue weighted by Gasteiger charge is 2.10. The summed E-state index contributed by atoms with van der Waals surface area (Å²) in [6.07, 6.45) is 1.47. The maximum absolute atomic E-state index is 12.2. The molecule has 1 amide bonds.